The number of ether oxygens (including phenoxy) is 3. The third-order valence-corrected chi connectivity index (χ3v) is 5.65. The van der Waals surface area contributed by atoms with Gasteiger partial charge in [0, 0.05) is 11.6 Å². The van der Waals surface area contributed by atoms with Crippen LogP contribution in [0, 0.1) is 11.6 Å². The Morgan fingerprint density at radius 3 is 2.48 bits per heavy atom. The Labute approximate surface area is 191 Å². The van der Waals surface area contributed by atoms with Gasteiger partial charge in [0.05, 0.1) is 14.2 Å². The Kier molecular flexibility index (Phi) is 8.03. The van der Waals surface area contributed by atoms with Crippen molar-refractivity contribution < 1.29 is 32.6 Å². The van der Waals surface area contributed by atoms with Gasteiger partial charge in [0.1, 0.15) is 23.8 Å². The number of hydrogen-bond acceptors (Lipinski definition) is 5. The second-order valence-electron chi connectivity index (χ2n) is 7.89. The van der Waals surface area contributed by atoms with Crippen molar-refractivity contribution >= 4 is 18.0 Å². The maximum absolute atomic E-state index is 13.8. The van der Waals surface area contributed by atoms with Gasteiger partial charge in [-0.1, -0.05) is 25.3 Å². The molecule has 1 aliphatic carbocycles. The summed E-state index contributed by atoms with van der Waals surface area (Å²) >= 11 is 0. The van der Waals surface area contributed by atoms with Gasteiger partial charge in [-0.05, 0) is 54.8 Å². The summed E-state index contributed by atoms with van der Waals surface area (Å²) in [5.41, 5.74) is -0.252. The molecule has 6 nitrogen and oxygen atoms in total. The SMILES string of the molecule is COC(=O)C1(NC(=O)/C=C/c2ccc(OCc3cc(F)ccc3F)c(OC)c2)CCCCC1. The lowest BCUT2D eigenvalue weighted by Crippen LogP contribution is -2.55. The van der Waals surface area contributed by atoms with E-state index < -0.39 is 29.0 Å². The molecular weight excluding hydrogens is 432 g/mol. The maximum atomic E-state index is 13.8. The smallest absolute Gasteiger partial charge is 0.331 e. The predicted molar refractivity (Wildman–Crippen MR) is 119 cm³/mol. The molecule has 0 atom stereocenters. The summed E-state index contributed by atoms with van der Waals surface area (Å²) in [6.07, 6.45) is 6.73. The maximum Gasteiger partial charge on any atom is 0.331 e. The summed E-state index contributed by atoms with van der Waals surface area (Å²) in [5.74, 6) is -1.24. The van der Waals surface area contributed by atoms with Crippen LogP contribution in [0.1, 0.15) is 43.2 Å². The van der Waals surface area contributed by atoms with Crippen LogP contribution in [-0.2, 0) is 20.9 Å². The number of rotatable bonds is 8. The summed E-state index contributed by atoms with van der Waals surface area (Å²) in [6, 6.07) is 8.12. The van der Waals surface area contributed by atoms with Gasteiger partial charge in [-0.25, -0.2) is 13.6 Å². The Morgan fingerprint density at radius 1 is 1.03 bits per heavy atom. The van der Waals surface area contributed by atoms with Crippen LogP contribution in [0.3, 0.4) is 0 Å². The second-order valence-corrected chi connectivity index (χ2v) is 7.89. The topological polar surface area (TPSA) is 73.9 Å². The molecule has 2 aromatic carbocycles. The number of benzene rings is 2. The normalized spacial score (nSPS) is 15.2. The molecule has 1 amide bonds. The fourth-order valence-electron chi connectivity index (χ4n) is 3.90. The minimum absolute atomic E-state index is 0.0833. The molecule has 0 unspecified atom stereocenters. The molecule has 1 fully saturated rings. The molecule has 0 bridgehead atoms. The number of carbonyl (C=O) groups excluding carboxylic acids is 2. The molecule has 1 aliphatic rings. The fraction of sp³-hybridized carbons (Fsp3) is 0.360. The molecule has 0 saturated heterocycles. The van der Waals surface area contributed by atoms with Crippen molar-refractivity contribution in [3.05, 3.63) is 65.2 Å². The number of amides is 1. The summed E-state index contributed by atoms with van der Waals surface area (Å²) in [4.78, 5) is 24.8. The van der Waals surface area contributed by atoms with Crippen LogP contribution < -0.4 is 14.8 Å². The predicted octanol–water partition coefficient (Wildman–Crippen LogP) is 4.56. The highest BCUT2D eigenvalue weighted by molar-refractivity contribution is 5.96. The highest BCUT2D eigenvalue weighted by atomic mass is 19.1. The van der Waals surface area contributed by atoms with Crippen molar-refractivity contribution in [2.75, 3.05) is 14.2 Å². The minimum atomic E-state index is -0.990. The summed E-state index contributed by atoms with van der Waals surface area (Å²) in [7, 11) is 2.77. The standard InChI is InChI=1S/C25H27F2NO5/c1-31-22-14-17(6-10-21(22)33-16-18-15-19(26)8-9-20(18)27)7-11-23(29)28-25(24(30)32-2)12-4-3-5-13-25/h6-11,14-15H,3-5,12-13,16H2,1-2H3,(H,28,29)/b11-7+. The van der Waals surface area contributed by atoms with Crippen molar-refractivity contribution in [2.24, 2.45) is 0 Å². The Bertz CT molecular complexity index is 1030. The number of esters is 1. The number of carbonyl (C=O) groups is 2. The zero-order valence-electron chi connectivity index (χ0n) is 18.7. The first-order valence-electron chi connectivity index (χ1n) is 10.7. The highest BCUT2D eigenvalue weighted by Crippen LogP contribution is 2.31. The number of hydrogen-bond donors (Lipinski definition) is 1. The lowest BCUT2D eigenvalue weighted by atomic mass is 9.81. The van der Waals surface area contributed by atoms with E-state index in [4.69, 9.17) is 14.2 Å². The summed E-state index contributed by atoms with van der Waals surface area (Å²) in [6.45, 7) is -0.173. The molecule has 3 rings (SSSR count). The van der Waals surface area contributed by atoms with E-state index in [1.165, 1.54) is 20.3 Å². The zero-order chi connectivity index (χ0) is 23.8. The average molecular weight is 459 g/mol. The Morgan fingerprint density at radius 2 is 1.79 bits per heavy atom. The lowest BCUT2D eigenvalue weighted by Gasteiger charge is -2.34. The molecule has 0 spiro atoms. The molecule has 1 saturated carbocycles. The Hall–Kier alpha value is -3.42. The zero-order valence-corrected chi connectivity index (χ0v) is 18.7. The van der Waals surface area contributed by atoms with E-state index in [2.05, 4.69) is 5.32 Å². The van der Waals surface area contributed by atoms with Crippen molar-refractivity contribution in [3.63, 3.8) is 0 Å². The van der Waals surface area contributed by atoms with Crippen molar-refractivity contribution in [1.29, 1.82) is 0 Å². The Balaban J connectivity index is 1.67. The van der Waals surface area contributed by atoms with Gasteiger partial charge < -0.3 is 19.5 Å². The van der Waals surface area contributed by atoms with Crippen LogP contribution in [0.4, 0.5) is 8.78 Å². The molecule has 0 radical (unpaired) electrons. The molecule has 0 aliphatic heterocycles. The highest BCUT2D eigenvalue weighted by Gasteiger charge is 2.41. The van der Waals surface area contributed by atoms with Crippen molar-refractivity contribution in [1.82, 2.24) is 5.32 Å². The van der Waals surface area contributed by atoms with Gasteiger partial charge in [-0.15, -0.1) is 0 Å². The number of nitrogens with one attached hydrogen (secondary N) is 1. The van der Waals surface area contributed by atoms with Gasteiger partial charge in [-0.3, -0.25) is 4.79 Å². The molecule has 0 heterocycles. The van der Waals surface area contributed by atoms with E-state index in [1.807, 2.05) is 0 Å². The van der Waals surface area contributed by atoms with Crippen LogP contribution in [-0.4, -0.2) is 31.6 Å². The van der Waals surface area contributed by atoms with Crippen LogP contribution >= 0.6 is 0 Å². The van der Waals surface area contributed by atoms with Gasteiger partial charge in [0.15, 0.2) is 11.5 Å². The molecule has 2 aromatic rings. The summed E-state index contributed by atoms with van der Waals surface area (Å²) < 4.78 is 43.0. The summed E-state index contributed by atoms with van der Waals surface area (Å²) in [5, 5.41) is 2.82. The van der Waals surface area contributed by atoms with E-state index in [0.29, 0.717) is 29.9 Å². The monoisotopic (exact) mass is 459 g/mol. The molecule has 33 heavy (non-hydrogen) atoms. The van der Waals surface area contributed by atoms with Crippen LogP contribution in [0.25, 0.3) is 6.08 Å². The molecule has 176 valence electrons. The number of methoxy groups -OCH3 is 2. The van der Waals surface area contributed by atoms with Crippen molar-refractivity contribution in [2.45, 2.75) is 44.2 Å². The van der Waals surface area contributed by atoms with E-state index in [0.717, 1.165) is 37.5 Å². The third-order valence-electron chi connectivity index (χ3n) is 5.65. The first-order valence-corrected chi connectivity index (χ1v) is 10.7. The van der Waals surface area contributed by atoms with Crippen LogP contribution in [0.5, 0.6) is 11.5 Å². The quantitative estimate of drug-likeness (QED) is 0.463. The van der Waals surface area contributed by atoms with E-state index in [9.17, 15) is 18.4 Å². The average Bonchev–Trinajstić information content (AvgIpc) is 2.83. The molecule has 0 aromatic heterocycles. The second kappa shape index (κ2) is 10.9. The van der Waals surface area contributed by atoms with E-state index in [1.54, 1.807) is 24.3 Å². The molecule has 1 N–H and O–H groups in total. The van der Waals surface area contributed by atoms with Crippen LogP contribution in [0.15, 0.2) is 42.5 Å². The van der Waals surface area contributed by atoms with Crippen LogP contribution in [0.2, 0.25) is 0 Å². The molecular formula is C25H27F2NO5. The fourth-order valence-corrected chi connectivity index (χ4v) is 3.90. The largest absolute Gasteiger partial charge is 0.493 e. The minimum Gasteiger partial charge on any atom is -0.493 e. The number of halogens is 2. The van der Waals surface area contributed by atoms with E-state index >= 15 is 0 Å². The first kappa shape index (κ1) is 24.2. The first-order chi connectivity index (χ1) is 15.9. The van der Waals surface area contributed by atoms with Gasteiger partial charge >= 0.3 is 5.97 Å². The van der Waals surface area contributed by atoms with Gasteiger partial charge in [0.2, 0.25) is 5.91 Å². The molecule has 8 heteroatoms. The van der Waals surface area contributed by atoms with Crippen molar-refractivity contribution in [3.8, 4) is 11.5 Å². The third kappa shape index (κ3) is 6.09. The lowest BCUT2D eigenvalue weighted by molar-refractivity contribution is -0.152. The van der Waals surface area contributed by atoms with Gasteiger partial charge in [-0.2, -0.15) is 0 Å². The van der Waals surface area contributed by atoms with E-state index in [-0.39, 0.29) is 12.2 Å². The van der Waals surface area contributed by atoms with Gasteiger partial charge in [0.25, 0.3) is 0 Å².